The number of anilines is 1. The zero-order valence-electron chi connectivity index (χ0n) is 9.03. The van der Waals surface area contributed by atoms with E-state index in [0.29, 0.717) is 5.89 Å². The van der Waals surface area contributed by atoms with Crippen LogP contribution in [-0.4, -0.2) is 18.6 Å². The lowest BCUT2D eigenvalue weighted by atomic mass is 10.0. The Hall–Kier alpha value is -1.23. The second-order valence-electron chi connectivity index (χ2n) is 4.04. The molecule has 0 saturated heterocycles. The van der Waals surface area contributed by atoms with E-state index >= 15 is 0 Å². The van der Waals surface area contributed by atoms with Crippen LogP contribution in [0.25, 0.3) is 0 Å². The Kier molecular flexibility index (Phi) is 2.10. The summed E-state index contributed by atoms with van der Waals surface area (Å²) >= 11 is 3.35. The predicted octanol–water partition coefficient (Wildman–Crippen LogP) is 2.92. The van der Waals surface area contributed by atoms with Gasteiger partial charge in [0.2, 0.25) is 5.88 Å². The van der Waals surface area contributed by atoms with Gasteiger partial charge in [-0.25, -0.2) is 4.98 Å². The van der Waals surface area contributed by atoms with Crippen LogP contribution in [0.1, 0.15) is 23.1 Å². The summed E-state index contributed by atoms with van der Waals surface area (Å²) in [5.74, 6) is 1.86. The van der Waals surface area contributed by atoms with Gasteiger partial charge in [0.05, 0.1) is 11.6 Å². The molecule has 0 N–H and O–H groups in total. The number of halogens is 1. The van der Waals surface area contributed by atoms with Crippen molar-refractivity contribution in [1.29, 1.82) is 0 Å². The number of aromatic nitrogens is 1. The van der Waals surface area contributed by atoms with Crippen LogP contribution < -0.4 is 4.90 Å². The van der Waals surface area contributed by atoms with E-state index in [1.54, 1.807) is 6.26 Å². The third-order valence-electron chi connectivity index (χ3n) is 2.88. The molecule has 2 aromatic heterocycles. The molecule has 1 aliphatic rings. The normalized spacial score (nSPS) is 19.2. The van der Waals surface area contributed by atoms with E-state index in [9.17, 15) is 0 Å². The average molecular weight is 283 g/mol. The summed E-state index contributed by atoms with van der Waals surface area (Å²) in [5, 5.41) is 0. The predicted molar refractivity (Wildman–Crippen MR) is 62.8 cm³/mol. The van der Waals surface area contributed by atoms with Crippen LogP contribution in [0.5, 0.6) is 0 Å². The van der Waals surface area contributed by atoms with Gasteiger partial charge in [-0.05, 0) is 22.0 Å². The molecular weight excluding hydrogens is 272 g/mol. The molecule has 1 unspecified atom stereocenters. The fourth-order valence-corrected chi connectivity index (χ4v) is 2.56. The number of nitrogens with zero attached hydrogens (tertiary/aromatic N) is 2. The number of hydrogen-bond acceptors (Lipinski definition) is 4. The lowest BCUT2D eigenvalue weighted by molar-refractivity contribution is 0.520. The highest BCUT2D eigenvalue weighted by Gasteiger charge is 2.33. The van der Waals surface area contributed by atoms with E-state index in [2.05, 4.69) is 25.8 Å². The third kappa shape index (κ3) is 1.38. The molecule has 0 aliphatic carbocycles. The second kappa shape index (κ2) is 3.38. The molecule has 84 valence electrons. The molecule has 0 bridgehead atoms. The number of aryl methyl sites for hydroxylation is 1. The smallest absolute Gasteiger partial charge is 0.200 e. The Morgan fingerprint density at radius 2 is 2.38 bits per heavy atom. The van der Waals surface area contributed by atoms with Crippen LogP contribution in [-0.2, 0) is 0 Å². The van der Waals surface area contributed by atoms with Crippen LogP contribution in [0, 0.1) is 6.92 Å². The molecule has 2 aromatic rings. The summed E-state index contributed by atoms with van der Waals surface area (Å²) in [6.07, 6.45) is 1.73. The maximum Gasteiger partial charge on any atom is 0.200 e. The Morgan fingerprint density at radius 3 is 3.06 bits per heavy atom. The van der Waals surface area contributed by atoms with Crippen molar-refractivity contribution in [2.24, 2.45) is 0 Å². The minimum Gasteiger partial charge on any atom is -0.449 e. The number of hydrogen-bond donors (Lipinski definition) is 0. The van der Waals surface area contributed by atoms with E-state index in [0.717, 1.165) is 22.8 Å². The molecule has 0 amide bonds. The van der Waals surface area contributed by atoms with Crippen LogP contribution >= 0.6 is 15.9 Å². The van der Waals surface area contributed by atoms with Crippen molar-refractivity contribution in [2.45, 2.75) is 12.8 Å². The number of furan rings is 1. The SMILES string of the molecule is Cc1nc(C2CN(C)c3oc(Br)cc32)co1. The molecule has 4 nitrogen and oxygen atoms in total. The van der Waals surface area contributed by atoms with Crippen molar-refractivity contribution in [1.82, 2.24) is 4.98 Å². The van der Waals surface area contributed by atoms with Crippen molar-refractivity contribution < 1.29 is 8.83 Å². The highest BCUT2D eigenvalue weighted by Crippen LogP contribution is 2.42. The van der Waals surface area contributed by atoms with Gasteiger partial charge in [-0.1, -0.05) is 0 Å². The minimum absolute atomic E-state index is 0.243. The molecular formula is C11H11BrN2O2. The maximum atomic E-state index is 5.58. The van der Waals surface area contributed by atoms with Crippen LogP contribution in [0.15, 0.2) is 25.8 Å². The molecule has 16 heavy (non-hydrogen) atoms. The lowest BCUT2D eigenvalue weighted by Crippen LogP contribution is -2.16. The number of oxazole rings is 1. The van der Waals surface area contributed by atoms with Gasteiger partial charge in [0.15, 0.2) is 10.6 Å². The minimum atomic E-state index is 0.243. The topological polar surface area (TPSA) is 42.4 Å². The first kappa shape index (κ1) is 9.96. The monoisotopic (exact) mass is 282 g/mol. The molecule has 3 heterocycles. The molecule has 0 radical (unpaired) electrons. The van der Waals surface area contributed by atoms with Crippen molar-refractivity contribution in [2.75, 3.05) is 18.5 Å². The van der Waals surface area contributed by atoms with Crippen LogP contribution in [0.2, 0.25) is 0 Å². The molecule has 0 aromatic carbocycles. The van der Waals surface area contributed by atoms with E-state index in [4.69, 9.17) is 8.83 Å². The Balaban J connectivity index is 2.05. The Bertz CT molecular complexity index is 532. The standard InChI is InChI=1S/C11H11BrN2O2/c1-6-13-9(5-15-6)8-4-14(2)11-7(8)3-10(12)16-11/h3,5,8H,4H2,1-2H3. The zero-order valence-corrected chi connectivity index (χ0v) is 10.6. The molecule has 3 rings (SSSR count). The first-order chi connectivity index (χ1) is 7.65. The van der Waals surface area contributed by atoms with E-state index in [-0.39, 0.29) is 5.92 Å². The first-order valence-corrected chi connectivity index (χ1v) is 5.87. The molecule has 5 heteroatoms. The van der Waals surface area contributed by atoms with Gasteiger partial charge < -0.3 is 13.7 Å². The van der Waals surface area contributed by atoms with Gasteiger partial charge in [0.1, 0.15) is 6.26 Å². The molecule has 1 atom stereocenters. The fraction of sp³-hybridized carbons (Fsp3) is 0.364. The van der Waals surface area contributed by atoms with Gasteiger partial charge in [0.25, 0.3) is 0 Å². The second-order valence-corrected chi connectivity index (χ2v) is 4.82. The van der Waals surface area contributed by atoms with Crippen LogP contribution in [0.4, 0.5) is 5.88 Å². The quantitative estimate of drug-likeness (QED) is 0.807. The highest BCUT2D eigenvalue weighted by molar-refractivity contribution is 9.10. The Labute approximate surface area is 101 Å². The number of fused-ring (bicyclic) bond motifs is 1. The van der Waals surface area contributed by atoms with Crippen molar-refractivity contribution >= 4 is 21.8 Å². The molecule has 0 spiro atoms. The van der Waals surface area contributed by atoms with Gasteiger partial charge in [-0.2, -0.15) is 0 Å². The van der Waals surface area contributed by atoms with Gasteiger partial charge >= 0.3 is 0 Å². The van der Waals surface area contributed by atoms with E-state index in [1.165, 1.54) is 5.56 Å². The number of rotatable bonds is 1. The van der Waals surface area contributed by atoms with Crippen molar-refractivity contribution in [3.63, 3.8) is 0 Å². The van der Waals surface area contributed by atoms with Gasteiger partial charge in [-0.3, -0.25) is 0 Å². The largest absolute Gasteiger partial charge is 0.449 e. The summed E-state index contributed by atoms with van der Waals surface area (Å²) in [7, 11) is 2.02. The summed E-state index contributed by atoms with van der Waals surface area (Å²) in [6.45, 7) is 2.74. The molecule has 0 saturated carbocycles. The number of likely N-dealkylation sites (N-methyl/N-ethyl adjacent to an activating group) is 1. The van der Waals surface area contributed by atoms with Gasteiger partial charge in [-0.15, -0.1) is 0 Å². The zero-order chi connectivity index (χ0) is 11.3. The van der Waals surface area contributed by atoms with Gasteiger partial charge in [0, 0.05) is 26.1 Å². The van der Waals surface area contributed by atoms with E-state index in [1.807, 2.05) is 20.0 Å². The summed E-state index contributed by atoms with van der Waals surface area (Å²) in [5.41, 5.74) is 2.14. The average Bonchev–Trinajstić information content (AvgIpc) is 2.85. The third-order valence-corrected chi connectivity index (χ3v) is 3.27. The lowest BCUT2D eigenvalue weighted by Gasteiger charge is -2.10. The fourth-order valence-electron chi connectivity index (χ4n) is 2.16. The summed E-state index contributed by atoms with van der Waals surface area (Å²) < 4.78 is 11.6. The van der Waals surface area contributed by atoms with Crippen molar-refractivity contribution in [3.05, 3.63) is 34.1 Å². The maximum absolute atomic E-state index is 5.58. The summed E-state index contributed by atoms with van der Waals surface area (Å²) in [6, 6.07) is 2.01. The van der Waals surface area contributed by atoms with Crippen molar-refractivity contribution in [3.8, 4) is 0 Å². The van der Waals surface area contributed by atoms with E-state index < -0.39 is 0 Å². The van der Waals surface area contributed by atoms with Crippen LogP contribution in [0.3, 0.4) is 0 Å². The Morgan fingerprint density at radius 1 is 1.56 bits per heavy atom. The highest BCUT2D eigenvalue weighted by atomic mass is 79.9. The molecule has 1 aliphatic heterocycles. The molecule has 0 fully saturated rings. The first-order valence-electron chi connectivity index (χ1n) is 5.07. The summed E-state index contributed by atoms with van der Waals surface area (Å²) in [4.78, 5) is 6.48.